The van der Waals surface area contributed by atoms with Crippen LogP contribution in [0, 0.1) is 0 Å². The van der Waals surface area contributed by atoms with Gasteiger partial charge in [0.05, 0.1) is 11.8 Å². The van der Waals surface area contributed by atoms with Crippen molar-refractivity contribution in [1.82, 2.24) is 19.7 Å². The summed E-state index contributed by atoms with van der Waals surface area (Å²) >= 11 is 1.39. The number of anilines is 1. The van der Waals surface area contributed by atoms with E-state index in [0.29, 0.717) is 24.7 Å². The second kappa shape index (κ2) is 10.6. The molecule has 1 aliphatic rings. The van der Waals surface area contributed by atoms with Crippen LogP contribution in [0.25, 0.3) is 0 Å². The van der Waals surface area contributed by atoms with E-state index in [1.54, 1.807) is 0 Å². The van der Waals surface area contributed by atoms with Crippen molar-refractivity contribution in [2.24, 2.45) is 0 Å². The maximum Gasteiger partial charge on any atom is 0.237 e. The lowest BCUT2D eigenvalue weighted by Gasteiger charge is -2.20. The Labute approximate surface area is 182 Å². The van der Waals surface area contributed by atoms with Crippen molar-refractivity contribution < 1.29 is 9.59 Å². The topological polar surface area (TPSA) is 80.1 Å². The zero-order valence-electron chi connectivity index (χ0n) is 18.1. The molecule has 1 aromatic carbocycles. The molecule has 30 heavy (non-hydrogen) atoms. The van der Waals surface area contributed by atoms with Crippen LogP contribution in [-0.2, 0) is 29.1 Å². The molecule has 0 unspecified atom stereocenters. The number of hydrogen-bond donors (Lipinski definition) is 1. The summed E-state index contributed by atoms with van der Waals surface area (Å²) in [7, 11) is 0. The summed E-state index contributed by atoms with van der Waals surface area (Å²) in [5, 5.41) is 12.0. The van der Waals surface area contributed by atoms with Crippen molar-refractivity contribution in [3.63, 3.8) is 0 Å². The number of aromatic nitrogens is 3. The predicted molar refractivity (Wildman–Crippen MR) is 119 cm³/mol. The van der Waals surface area contributed by atoms with E-state index in [0.717, 1.165) is 43.7 Å². The first-order valence-corrected chi connectivity index (χ1v) is 11.7. The van der Waals surface area contributed by atoms with Gasteiger partial charge in [0.1, 0.15) is 0 Å². The Morgan fingerprint density at radius 1 is 1.17 bits per heavy atom. The fourth-order valence-electron chi connectivity index (χ4n) is 3.50. The summed E-state index contributed by atoms with van der Waals surface area (Å²) in [6.07, 6.45) is 4.67. The van der Waals surface area contributed by atoms with E-state index in [2.05, 4.69) is 22.4 Å². The third kappa shape index (κ3) is 5.62. The van der Waals surface area contributed by atoms with Crippen molar-refractivity contribution in [3.05, 3.63) is 35.7 Å². The molecule has 1 saturated heterocycles. The molecule has 7 nitrogen and oxygen atoms in total. The molecule has 0 saturated carbocycles. The van der Waals surface area contributed by atoms with E-state index in [1.807, 2.05) is 47.6 Å². The fourth-order valence-corrected chi connectivity index (χ4v) is 4.43. The van der Waals surface area contributed by atoms with Crippen LogP contribution in [0.1, 0.15) is 57.8 Å². The van der Waals surface area contributed by atoms with E-state index in [-0.39, 0.29) is 17.1 Å². The maximum atomic E-state index is 12.6. The van der Waals surface area contributed by atoms with Crippen LogP contribution in [-0.4, -0.2) is 43.3 Å². The standard InChI is InChI=1S/C22H31N5O2S/c1-4-17-10-12-18(13-11-17)23-21(29)16(3)30-22-25-24-19(27(22)5-2)15-26-14-8-6-7-9-20(26)28/h10-13,16H,4-9,14-15H2,1-3H3,(H,23,29)/t16-/m1/s1. The first kappa shape index (κ1) is 22.3. The maximum absolute atomic E-state index is 12.6. The lowest BCUT2D eigenvalue weighted by molar-refractivity contribution is -0.131. The summed E-state index contributed by atoms with van der Waals surface area (Å²) in [6.45, 7) is 7.94. The highest BCUT2D eigenvalue weighted by atomic mass is 32.2. The van der Waals surface area contributed by atoms with Gasteiger partial charge >= 0.3 is 0 Å². The first-order chi connectivity index (χ1) is 14.5. The minimum atomic E-state index is -0.321. The van der Waals surface area contributed by atoms with Gasteiger partial charge < -0.3 is 14.8 Å². The number of amides is 2. The number of benzene rings is 1. The summed E-state index contributed by atoms with van der Waals surface area (Å²) in [6, 6.07) is 7.91. The largest absolute Gasteiger partial charge is 0.335 e. The van der Waals surface area contributed by atoms with Gasteiger partial charge in [0.2, 0.25) is 11.8 Å². The zero-order chi connectivity index (χ0) is 21.5. The van der Waals surface area contributed by atoms with Gasteiger partial charge in [-0.3, -0.25) is 9.59 Å². The Balaban J connectivity index is 1.63. The van der Waals surface area contributed by atoms with Gasteiger partial charge in [-0.15, -0.1) is 10.2 Å². The lowest BCUT2D eigenvalue weighted by Crippen LogP contribution is -2.31. The van der Waals surface area contributed by atoms with Gasteiger partial charge in [-0.1, -0.05) is 37.2 Å². The highest BCUT2D eigenvalue weighted by Gasteiger charge is 2.23. The van der Waals surface area contributed by atoms with Gasteiger partial charge in [-0.25, -0.2) is 0 Å². The molecular weight excluding hydrogens is 398 g/mol. The van der Waals surface area contributed by atoms with Crippen molar-refractivity contribution >= 4 is 29.3 Å². The van der Waals surface area contributed by atoms with Crippen molar-refractivity contribution in [1.29, 1.82) is 0 Å². The molecule has 0 aliphatic carbocycles. The second-order valence-corrected chi connectivity index (χ2v) is 8.88. The molecular formula is C22H31N5O2S. The van der Waals surface area contributed by atoms with E-state index in [1.165, 1.54) is 17.3 Å². The monoisotopic (exact) mass is 429 g/mol. The third-order valence-electron chi connectivity index (χ3n) is 5.39. The summed E-state index contributed by atoms with van der Waals surface area (Å²) in [5.74, 6) is 0.895. The molecule has 1 aromatic heterocycles. The highest BCUT2D eigenvalue weighted by Crippen LogP contribution is 2.24. The molecule has 0 bridgehead atoms. The molecule has 8 heteroatoms. The number of likely N-dealkylation sites (tertiary alicyclic amines) is 1. The Morgan fingerprint density at radius 2 is 1.93 bits per heavy atom. The summed E-state index contributed by atoms with van der Waals surface area (Å²) < 4.78 is 2.00. The molecule has 2 aromatic rings. The van der Waals surface area contributed by atoms with E-state index >= 15 is 0 Å². The van der Waals surface area contributed by atoms with Crippen molar-refractivity contribution in [2.45, 2.75) is 76.4 Å². The fraction of sp³-hybridized carbons (Fsp3) is 0.545. The van der Waals surface area contributed by atoms with Gasteiger partial charge in [0.15, 0.2) is 11.0 Å². The Bertz CT molecular complexity index is 865. The molecule has 162 valence electrons. The number of nitrogens with one attached hydrogen (secondary N) is 1. The number of rotatable bonds is 8. The van der Waals surface area contributed by atoms with E-state index < -0.39 is 0 Å². The SMILES string of the molecule is CCc1ccc(NC(=O)[C@@H](C)Sc2nnc(CN3CCCCCC3=O)n2CC)cc1. The quantitative estimate of drug-likeness (QED) is 0.644. The summed E-state index contributed by atoms with van der Waals surface area (Å²) in [4.78, 5) is 26.8. The Morgan fingerprint density at radius 3 is 2.63 bits per heavy atom. The number of thioether (sulfide) groups is 1. The lowest BCUT2D eigenvalue weighted by atomic mass is 10.1. The molecule has 2 amide bonds. The average molecular weight is 430 g/mol. The molecule has 1 aliphatic heterocycles. The summed E-state index contributed by atoms with van der Waals surface area (Å²) in [5.41, 5.74) is 2.03. The normalized spacial score (nSPS) is 15.7. The number of aryl methyl sites for hydroxylation is 1. The van der Waals surface area contributed by atoms with Gasteiger partial charge in [-0.05, 0) is 50.8 Å². The smallest absolute Gasteiger partial charge is 0.237 e. The Kier molecular flexibility index (Phi) is 7.90. The number of nitrogens with zero attached hydrogens (tertiary/aromatic N) is 4. The predicted octanol–water partition coefficient (Wildman–Crippen LogP) is 3.88. The van der Waals surface area contributed by atoms with Crippen molar-refractivity contribution in [2.75, 3.05) is 11.9 Å². The second-order valence-electron chi connectivity index (χ2n) is 7.57. The van der Waals surface area contributed by atoms with Crippen LogP contribution in [0.5, 0.6) is 0 Å². The zero-order valence-corrected chi connectivity index (χ0v) is 18.9. The average Bonchev–Trinajstić information content (AvgIpc) is 3.01. The molecule has 1 N–H and O–H groups in total. The van der Waals surface area contributed by atoms with Crippen molar-refractivity contribution in [3.8, 4) is 0 Å². The van der Waals surface area contributed by atoms with Crippen LogP contribution in [0.3, 0.4) is 0 Å². The van der Waals surface area contributed by atoms with E-state index in [9.17, 15) is 9.59 Å². The third-order valence-corrected chi connectivity index (χ3v) is 6.47. The number of hydrogen-bond acceptors (Lipinski definition) is 5. The molecule has 1 atom stereocenters. The van der Waals surface area contributed by atoms with Crippen LogP contribution in [0.2, 0.25) is 0 Å². The van der Waals surface area contributed by atoms with Gasteiger partial charge in [0.25, 0.3) is 0 Å². The van der Waals surface area contributed by atoms with Gasteiger partial charge in [0, 0.05) is 25.2 Å². The highest BCUT2D eigenvalue weighted by molar-refractivity contribution is 8.00. The van der Waals surface area contributed by atoms with Gasteiger partial charge in [-0.2, -0.15) is 0 Å². The minimum Gasteiger partial charge on any atom is -0.335 e. The molecule has 3 rings (SSSR count). The van der Waals surface area contributed by atoms with E-state index in [4.69, 9.17) is 0 Å². The molecule has 0 spiro atoms. The number of carbonyl (C=O) groups is 2. The molecule has 2 heterocycles. The van der Waals surface area contributed by atoms with Crippen LogP contribution < -0.4 is 5.32 Å². The first-order valence-electron chi connectivity index (χ1n) is 10.8. The molecule has 0 radical (unpaired) electrons. The Hall–Kier alpha value is -2.35. The molecule has 1 fully saturated rings. The van der Waals surface area contributed by atoms with Crippen LogP contribution in [0.4, 0.5) is 5.69 Å². The minimum absolute atomic E-state index is 0.0702. The number of carbonyl (C=O) groups excluding carboxylic acids is 2. The van der Waals surface area contributed by atoms with Crippen LogP contribution in [0.15, 0.2) is 29.4 Å². The van der Waals surface area contributed by atoms with Crippen LogP contribution >= 0.6 is 11.8 Å².